The molecule has 7 nitrogen and oxygen atoms in total. The average molecular weight is 408 g/mol. The Balaban J connectivity index is 1.54. The van der Waals surface area contributed by atoms with Crippen molar-refractivity contribution in [3.05, 3.63) is 28.7 Å². The number of ether oxygens (including phenoxy) is 2. The van der Waals surface area contributed by atoms with Gasteiger partial charge in [-0.2, -0.15) is 0 Å². The summed E-state index contributed by atoms with van der Waals surface area (Å²) in [7, 11) is 0. The standard InChI is InChI=1S/C18H21N3O4S2/c1-2-3-6-19-17(26)20-7-8-21-16(22)15(27-18(21)23)10-12-4-5-13-14(9-12)25-11-24-13/h4-5,9-10H,2-3,6-8,11H2,1H3,(H2,19,20,26)/b15-10-. The van der Waals surface area contributed by atoms with Crippen LogP contribution in [0.25, 0.3) is 6.08 Å². The SMILES string of the molecule is CCCCNC(=S)NCCN1C(=O)S/C(=C\c2ccc3c(c2)OCO3)C1=O. The van der Waals surface area contributed by atoms with Crippen molar-refractivity contribution in [2.24, 2.45) is 0 Å². The lowest BCUT2D eigenvalue weighted by atomic mass is 10.2. The van der Waals surface area contributed by atoms with Gasteiger partial charge in [-0.3, -0.25) is 14.5 Å². The van der Waals surface area contributed by atoms with E-state index in [9.17, 15) is 9.59 Å². The number of hydrogen-bond donors (Lipinski definition) is 2. The Morgan fingerprint density at radius 2 is 2.04 bits per heavy atom. The molecule has 1 fully saturated rings. The van der Waals surface area contributed by atoms with Gasteiger partial charge in [0.15, 0.2) is 16.6 Å². The topological polar surface area (TPSA) is 79.9 Å². The molecule has 27 heavy (non-hydrogen) atoms. The number of amides is 2. The van der Waals surface area contributed by atoms with Crippen LogP contribution < -0.4 is 20.1 Å². The quantitative estimate of drug-likeness (QED) is 0.406. The highest BCUT2D eigenvalue weighted by molar-refractivity contribution is 8.18. The van der Waals surface area contributed by atoms with E-state index >= 15 is 0 Å². The van der Waals surface area contributed by atoms with Crippen LogP contribution >= 0.6 is 24.0 Å². The van der Waals surface area contributed by atoms with Crippen molar-refractivity contribution in [1.29, 1.82) is 0 Å². The number of unbranched alkanes of at least 4 members (excludes halogenated alkanes) is 1. The lowest BCUT2D eigenvalue weighted by Gasteiger charge is -2.14. The second-order valence-corrected chi connectivity index (χ2v) is 7.38. The van der Waals surface area contributed by atoms with Gasteiger partial charge in [0.05, 0.1) is 4.91 Å². The van der Waals surface area contributed by atoms with Crippen LogP contribution in [-0.4, -0.2) is 47.6 Å². The summed E-state index contributed by atoms with van der Waals surface area (Å²) in [5.41, 5.74) is 0.782. The molecular formula is C18H21N3O4S2. The second kappa shape index (κ2) is 9.09. The summed E-state index contributed by atoms with van der Waals surface area (Å²) in [6.07, 6.45) is 3.81. The highest BCUT2D eigenvalue weighted by atomic mass is 32.2. The summed E-state index contributed by atoms with van der Waals surface area (Å²) in [5.74, 6) is 1.01. The van der Waals surface area contributed by atoms with Crippen LogP contribution in [0.1, 0.15) is 25.3 Å². The summed E-state index contributed by atoms with van der Waals surface area (Å²) in [5, 5.41) is 6.36. The van der Waals surface area contributed by atoms with Crippen LogP contribution in [0.5, 0.6) is 11.5 Å². The number of fused-ring (bicyclic) bond motifs is 1. The number of thioether (sulfide) groups is 1. The van der Waals surface area contributed by atoms with Crippen LogP contribution in [0.2, 0.25) is 0 Å². The Hall–Kier alpha value is -2.26. The van der Waals surface area contributed by atoms with E-state index in [0.717, 1.165) is 36.7 Å². The molecule has 2 N–H and O–H groups in total. The zero-order valence-corrected chi connectivity index (χ0v) is 16.6. The maximum Gasteiger partial charge on any atom is 0.293 e. The molecule has 1 aromatic carbocycles. The zero-order valence-electron chi connectivity index (χ0n) is 14.9. The molecule has 1 aromatic rings. The molecule has 0 unspecified atom stereocenters. The van der Waals surface area contributed by atoms with Crippen molar-refractivity contribution in [1.82, 2.24) is 15.5 Å². The summed E-state index contributed by atoms with van der Waals surface area (Å²) in [6.45, 7) is 3.78. The molecule has 2 heterocycles. The van der Waals surface area contributed by atoms with Gasteiger partial charge in [0.2, 0.25) is 6.79 Å². The van der Waals surface area contributed by atoms with E-state index in [1.807, 2.05) is 6.07 Å². The fraction of sp³-hybridized carbons (Fsp3) is 0.389. The number of benzene rings is 1. The first-order valence-corrected chi connectivity index (χ1v) is 9.97. The Bertz CT molecular complexity index is 782. The highest BCUT2D eigenvalue weighted by Crippen LogP contribution is 2.36. The molecule has 0 radical (unpaired) electrons. The van der Waals surface area contributed by atoms with Gasteiger partial charge < -0.3 is 20.1 Å². The van der Waals surface area contributed by atoms with E-state index in [4.69, 9.17) is 21.7 Å². The van der Waals surface area contributed by atoms with E-state index in [1.165, 1.54) is 4.90 Å². The van der Waals surface area contributed by atoms with Crippen LogP contribution in [0.15, 0.2) is 23.1 Å². The fourth-order valence-corrected chi connectivity index (χ4v) is 3.64. The van der Waals surface area contributed by atoms with Crippen LogP contribution in [0.3, 0.4) is 0 Å². The van der Waals surface area contributed by atoms with Gasteiger partial charge >= 0.3 is 0 Å². The van der Waals surface area contributed by atoms with Gasteiger partial charge in [-0.05, 0) is 54.2 Å². The van der Waals surface area contributed by atoms with E-state index in [1.54, 1.807) is 18.2 Å². The number of hydrogen-bond acceptors (Lipinski definition) is 6. The second-order valence-electron chi connectivity index (χ2n) is 5.98. The van der Waals surface area contributed by atoms with E-state index in [-0.39, 0.29) is 24.5 Å². The normalized spacial score (nSPS) is 16.9. The maximum atomic E-state index is 12.5. The van der Waals surface area contributed by atoms with Crippen molar-refractivity contribution in [2.45, 2.75) is 19.8 Å². The molecule has 3 rings (SSSR count). The van der Waals surface area contributed by atoms with Gasteiger partial charge in [-0.15, -0.1) is 0 Å². The van der Waals surface area contributed by atoms with E-state index in [2.05, 4.69) is 17.6 Å². The molecule has 9 heteroatoms. The zero-order chi connectivity index (χ0) is 19.2. The summed E-state index contributed by atoms with van der Waals surface area (Å²) in [6, 6.07) is 5.40. The molecule has 1 saturated heterocycles. The molecule has 2 aliphatic rings. The Morgan fingerprint density at radius 3 is 2.85 bits per heavy atom. The first-order chi connectivity index (χ1) is 13.1. The number of rotatable bonds is 7. The molecule has 0 bridgehead atoms. The highest BCUT2D eigenvalue weighted by Gasteiger charge is 2.34. The van der Waals surface area contributed by atoms with Crippen molar-refractivity contribution in [2.75, 3.05) is 26.4 Å². The van der Waals surface area contributed by atoms with Crippen molar-refractivity contribution in [3.8, 4) is 11.5 Å². The first-order valence-electron chi connectivity index (χ1n) is 8.75. The lowest BCUT2D eigenvalue weighted by Crippen LogP contribution is -2.41. The number of carbonyl (C=O) groups is 2. The molecule has 2 aliphatic heterocycles. The number of nitrogens with one attached hydrogen (secondary N) is 2. The fourth-order valence-electron chi connectivity index (χ4n) is 2.57. The third kappa shape index (κ3) is 4.92. The van der Waals surface area contributed by atoms with Crippen LogP contribution in [0, 0.1) is 0 Å². The van der Waals surface area contributed by atoms with E-state index in [0.29, 0.717) is 28.1 Å². The largest absolute Gasteiger partial charge is 0.454 e. The Labute approximate surface area is 167 Å². The number of thiocarbonyl (C=S) groups is 1. The minimum atomic E-state index is -0.297. The Morgan fingerprint density at radius 1 is 1.26 bits per heavy atom. The van der Waals surface area contributed by atoms with Crippen molar-refractivity contribution in [3.63, 3.8) is 0 Å². The van der Waals surface area contributed by atoms with Gasteiger partial charge in [0, 0.05) is 19.6 Å². The average Bonchev–Trinajstić information content (AvgIpc) is 3.21. The minimum absolute atomic E-state index is 0.192. The molecule has 144 valence electrons. The van der Waals surface area contributed by atoms with Crippen molar-refractivity contribution >= 4 is 46.3 Å². The third-order valence-corrected chi connectivity index (χ3v) is 5.20. The van der Waals surface area contributed by atoms with Gasteiger partial charge in [-0.25, -0.2) is 0 Å². The molecule has 0 spiro atoms. The number of nitrogens with zero attached hydrogens (tertiary/aromatic N) is 1. The summed E-state index contributed by atoms with van der Waals surface area (Å²) in [4.78, 5) is 26.3. The smallest absolute Gasteiger partial charge is 0.293 e. The van der Waals surface area contributed by atoms with Crippen LogP contribution in [0.4, 0.5) is 4.79 Å². The molecule has 0 atom stereocenters. The predicted molar refractivity (Wildman–Crippen MR) is 109 cm³/mol. The molecule has 0 aromatic heterocycles. The summed E-state index contributed by atoms with van der Waals surface area (Å²) < 4.78 is 10.6. The number of imide groups is 1. The number of carbonyl (C=O) groups excluding carboxylic acids is 2. The minimum Gasteiger partial charge on any atom is -0.454 e. The van der Waals surface area contributed by atoms with Gasteiger partial charge in [-0.1, -0.05) is 19.4 Å². The van der Waals surface area contributed by atoms with E-state index < -0.39 is 0 Å². The molecule has 0 saturated carbocycles. The Kier molecular flexibility index (Phi) is 6.57. The van der Waals surface area contributed by atoms with Crippen molar-refractivity contribution < 1.29 is 19.1 Å². The van der Waals surface area contributed by atoms with Gasteiger partial charge in [0.25, 0.3) is 11.1 Å². The lowest BCUT2D eigenvalue weighted by molar-refractivity contribution is -0.122. The first kappa shape index (κ1) is 19.5. The monoisotopic (exact) mass is 407 g/mol. The molecule has 0 aliphatic carbocycles. The summed E-state index contributed by atoms with van der Waals surface area (Å²) >= 11 is 6.10. The third-order valence-electron chi connectivity index (χ3n) is 4.00. The predicted octanol–water partition coefficient (Wildman–Crippen LogP) is 2.72. The molecule has 2 amide bonds. The van der Waals surface area contributed by atoms with Crippen LogP contribution in [-0.2, 0) is 4.79 Å². The van der Waals surface area contributed by atoms with Gasteiger partial charge in [0.1, 0.15) is 0 Å². The maximum absolute atomic E-state index is 12.5. The molecular weight excluding hydrogens is 386 g/mol.